The second-order valence-electron chi connectivity index (χ2n) is 5.64. The molecule has 1 rings (SSSR count). The number of carbonyl (C=O) groups is 1. The highest BCUT2D eigenvalue weighted by atomic mass is 16.5. The molecule has 0 fully saturated rings. The first-order valence-electron chi connectivity index (χ1n) is 8.48. The minimum absolute atomic E-state index is 0.0811. The maximum absolute atomic E-state index is 12.2. The van der Waals surface area contributed by atoms with Crippen molar-refractivity contribution < 1.29 is 19.4 Å². The minimum Gasteiger partial charge on any atom is -0.497 e. The van der Waals surface area contributed by atoms with E-state index in [1.165, 1.54) is 0 Å². The lowest BCUT2D eigenvalue weighted by Crippen LogP contribution is -2.45. The van der Waals surface area contributed by atoms with Crippen LogP contribution in [0.1, 0.15) is 27.2 Å². The predicted molar refractivity (Wildman–Crippen MR) is 94.5 cm³/mol. The average Bonchev–Trinajstić information content (AvgIpc) is 2.61. The normalized spacial score (nSPS) is 13.4. The number of ether oxygens (including phenoxy) is 2. The maximum Gasteiger partial charge on any atom is 0.261 e. The molecule has 6 heteroatoms. The molecule has 24 heavy (non-hydrogen) atoms. The topological polar surface area (TPSA) is 71.0 Å². The van der Waals surface area contributed by atoms with E-state index >= 15 is 0 Å². The Labute approximate surface area is 144 Å². The largest absolute Gasteiger partial charge is 0.497 e. The van der Waals surface area contributed by atoms with Crippen LogP contribution >= 0.6 is 0 Å². The van der Waals surface area contributed by atoms with Crippen molar-refractivity contribution in [2.45, 2.75) is 39.3 Å². The second-order valence-corrected chi connectivity index (χ2v) is 5.64. The highest BCUT2D eigenvalue weighted by molar-refractivity contribution is 5.81. The molecule has 2 N–H and O–H groups in total. The number of methoxy groups -OCH3 is 1. The number of benzene rings is 1. The fourth-order valence-electron chi connectivity index (χ4n) is 2.32. The molecule has 0 spiro atoms. The minimum atomic E-state index is -0.638. The van der Waals surface area contributed by atoms with Crippen LogP contribution in [-0.2, 0) is 4.79 Å². The Morgan fingerprint density at radius 1 is 1.21 bits per heavy atom. The lowest BCUT2D eigenvalue weighted by atomic mass is 10.2. The second kappa shape index (κ2) is 10.9. The van der Waals surface area contributed by atoms with Crippen LogP contribution in [0.3, 0.4) is 0 Å². The zero-order chi connectivity index (χ0) is 17.9. The van der Waals surface area contributed by atoms with Gasteiger partial charge in [-0.1, -0.05) is 13.8 Å². The molecule has 0 heterocycles. The number of hydrogen-bond acceptors (Lipinski definition) is 5. The molecule has 0 aliphatic carbocycles. The third kappa shape index (κ3) is 6.76. The third-order valence-electron chi connectivity index (χ3n) is 4.00. The summed E-state index contributed by atoms with van der Waals surface area (Å²) >= 11 is 0. The Hall–Kier alpha value is -1.79. The summed E-state index contributed by atoms with van der Waals surface area (Å²) in [5, 5.41) is 12.3. The van der Waals surface area contributed by atoms with Gasteiger partial charge in [0.2, 0.25) is 0 Å². The number of nitrogens with zero attached hydrogens (tertiary/aromatic N) is 1. The molecule has 0 aliphatic rings. The fourth-order valence-corrected chi connectivity index (χ4v) is 2.32. The molecule has 0 saturated heterocycles. The van der Waals surface area contributed by atoms with E-state index in [0.717, 1.165) is 25.4 Å². The number of rotatable bonds is 11. The first-order chi connectivity index (χ1) is 11.5. The van der Waals surface area contributed by atoms with Gasteiger partial charge in [-0.25, -0.2) is 0 Å². The van der Waals surface area contributed by atoms with E-state index in [4.69, 9.17) is 9.47 Å². The number of carbonyl (C=O) groups excluding carboxylic acids is 1. The SMILES string of the molecule is CCN(CC)CC[C@@H](CO)NC(=O)[C@H](C)Oc1ccc(OC)cc1. The summed E-state index contributed by atoms with van der Waals surface area (Å²) in [5.74, 6) is 1.10. The summed E-state index contributed by atoms with van der Waals surface area (Å²) in [6.07, 6.45) is 0.0695. The van der Waals surface area contributed by atoms with Crippen molar-refractivity contribution in [1.29, 1.82) is 0 Å². The van der Waals surface area contributed by atoms with E-state index in [1.54, 1.807) is 38.3 Å². The first kappa shape index (κ1) is 20.3. The molecule has 0 aromatic heterocycles. The van der Waals surface area contributed by atoms with Crippen LogP contribution in [0.5, 0.6) is 11.5 Å². The number of hydrogen-bond donors (Lipinski definition) is 2. The Balaban J connectivity index is 2.47. The van der Waals surface area contributed by atoms with Crippen molar-refractivity contribution in [3.63, 3.8) is 0 Å². The number of aliphatic hydroxyl groups excluding tert-OH is 1. The molecule has 1 aromatic rings. The highest BCUT2D eigenvalue weighted by Gasteiger charge is 2.19. The molecule has 6 nitrogen and oxygen atoms in total. The van der Waals surface area contributed by atoms with Crippen LogP contribution < -0.4 is 14.8 Å². The molecule has 136 valence electrons. The smallest absolute Gasteiger partial charge is 0.261 e. The predicted octanol–water partition coefficient (Wildman–Crippen LogP) is 1.67. The molecule has 1 aromatic carbocycles. The molecule has 0 bridgehead atoms. The summed E-state index contributed by atoms with van der Waals surface area (Å²) in [4.78, 5) is 14.5. The van der Waals surface area contributed by atoms with Gasteiger partial charge in [-0.2, -0.15) is 0 Å². The van der Waals surface area contributed by atoms with Crippen molar-refractivity contribution in [2.24, 2.45) is 0 Å². The zero-order valence-electron chi connectivity index (χ0n) is 15.1. The zero-order valence-corrected chi connectivity index (χ0v) is 15.1. The van der Waals surface area contributed by atoms with Gasteiger partial charge in [0.25, 0.3) is 5.91 Å². The van der Waals surface area contributed by atoms with Crippen molar-refractivity contribution in [2.75, 3.05) is 33.4 Å². The summed E-state index contributed by atoms with van der Waals surface area (Å²) in [5.41, 5.74) is 0. The van der Waals surface area contributed by atoms with Crippen LogP contribution in [0.25, 0.3) is 0 Å². The molecule has 1 amide bonds. The van der Waals surface area contributed by atoms with Gasteiger partial charge in [0.05, 0.1) is 19.8 Å². The molecule has 0 unspecified atom stereocenters. The van der Waals surface area contributed by atoms with Crippen LogP contribution in [-0.4, -0.2) is 61.4 Å². The Morgan fingerprint density at radius 2 is 1.79 bits per heavy atom. The quantitative estimate of drug-likeness (QED) is 0.642. The van der Waals surface area contributed by atoms with Gasteiger partial charge in [0.1, 0.15) is 11.5 Å². The molecular weight excluding hydrogens is 308 g/mol. The van der Waals surface area contributed by atoms with E-state index in [9.17, 15) is 9.90 Å². The Morgan fingerprint density at radius 3 is 2.29 bits per heavy atom. The lowest BCUT2D eigenvalue weighted by molar-refractivity contribution is -0.128. The van der Waals surface area contributed by atoms with Gasteiger partial charge >= 0.3 is 0 Å². The summed E-state index contributed by atoms with van der Waals surface area (Å²) < 4.78 is 10.7. The number of nitrogens with one attached hydrogen (secondary N) is 1. The molecule has 2 atom stereocenters. The first-order valence-corrected chi connectivity index (χ1v) is 8.48. The van der Waals surface area contributed by atoms with E-state index < -0.39 is 6.10 Å². The highest BCUT2D eigenvalue weighted by Crippen LogP contribution is 2.18. The average molecular weight is 338 g/mol. The number of amides is 1. The van der Waals surface area contributed by atoms with E-state index in [-0.39, 0.29) is 18.6 Å². The van der Waals surface area contributed by atoms with Gasteiger partial charge in [0, 0.05) is 6.54 Å². The van der Waals surface area contributed by atoms with Gasteiger partial charge in [-0.15, -0.1) is 0 Å². The van der Waals surface area contributed by atoms with Gasteiger partial charge in [0.15, 0.2) is 6.10 Å². The van der Waals surface area contributed by atoms with Crippen molar-refractivity contribution >= 4 is 5.91 Å². The van der Waals surface area contributed by atoms with Crippen LogP contribution in [0, 0.1) is 0 Å². The standard InChI is InChI=1S/C18H30N2O4/c1-5-20(6-2)12-11-15(13-21)19-18(22)14(3)24-17-9-7-16(23-4)8-10-17/h7-10,14-15,21H,5-6,11-13H2,1-4H3,(H,19,22)/t14-,15-/m0/s1. The van der Waals surface area contributed by atoms with Crippen molar-refractivity contribution in [1.82, 2.24) is 10.2 Å². The summed E-state index contributed by atoms with van der Waals surface area (Å²) in [6.45, 7) is 8.56. The van der Waals surface area contributed by atoms with Crippen LogP contribution in [0.15, 0.2) is 24.3 Å². The maximum atomic E-state index is 12.2. The lowest BCUT2D eigenvalue weighted by Gasteiger charge is -2.23. The molecule has 0 saturated carbocycles. The molecular formula is C18H30N2O4. The number of aliphatic hydroxyl groups is 1. The Bertz CT molecular complexity index is 474. The van der Waals surface area contributed by atoms with Crippen LogP contribution in [0.4, 0.5) is 0 Å². The van der Waals surface area contributed by atoms with E-state index in [1.807, 2.05) is 0 Å². The summed E-state index contributed by atoms with van der Waals surface area (Å²) in [6, 6.07) is 6.81. The molecule has 0 radical (unpaired) electrons. The third-order valence-corrected chi connectivity index (χ3v) is 4.00. The van der Waals surface area contributed by atoms with Gasteiger partial charge in [-0.3, -0.25) is 4.79 Å². The fraction of sp³-hybridized carbons (Fsp3) is 0.611. The van der Waals surface area contributed by atoms with Crippen LogP contribution in [0.2, 0.25) is 0 Å². The molecule has 0 aliphatic heterocycles. The van der Waals surface area contributed by atoms with E-state index in [0.29, 0.717) is 12.2 Å². The van der Waals surface area contributed by atoms with Crippen molar-refractivity contribution in [3.05, 3.63) is 24.3 Å². The van der Waals surface area contributed by atoms with E-state index in [2.05, 4.69) is 24.1 Å². The van der Waals surface area contributed by atoms with Gasteiger partial charge in [-0.05, 0) is 50.7 Å². The van der Waals surface area contributed by atoms with Crippen molar-refractivity contribution in [3.8, 4) is 11.5 Å². The monoisotopic (exact) mass is 338 g/mol. The summed E-state index contributed by atoms with van der Waals surface area (Å²) in [7, 11) is 1.60. The Kier molecular flexibility index (Phi) is 9.19. The van der Waals surface area contributed by atoms with Gasteiger partial charge < -0.3 is 24.8 Å².